The molecule has 1 heterocycles. The summed E-state index contributed by atoms with van der Waals surface area (Å²) < 4.78 is 80.6. The van der Waals surface area contributed by atoms with E-state index < -0.39 is 26.4 Å². The minimum atomic E-state index is -4.82. The maximum absolute atomic E-state index is 11.5. The molecule has 33 heavy (non-hydrogen) atoms. The lowest BCUT2D eigenvalue weighted by molar-refractivity contribution is -0.191. The minimum Gasteiger partial charge on any atom is -0.370 e. The van der Waals surface area contributed by atoms with Crippen molar-refractivity contribution in [3.05, 3.63) is 23.3 Å². The lowest BCUT2D eigenvalue weighted by atomic mass is 9.45. The van der Waals surface area contributed by atoms with E-state index in [1.807, 2.05) is 0 Å². The van der Waals surface area contributed by atoms with E-state index in [1.165, 1.54) is 12.1 Å². The fraction of sp³-hybridized carbons (Fsp3) is 0.727. The van der Waals surface area contributed by atoms with Gasteiger partial charge < -0.3 is 13.1 Å². The van der Waals surface area contributed by atoms with Crippen molar-refractivity contribution in [2.75, 3.05) is 0 Å². The molecule has 0 unspecified atom stereocenters. The Morgan fingerprint density at radius 2 is 1.45 bits per heavy atom. The van der Waals surface area contributed by atoms with Crippen molar-refractivity contribution < 1.29 is 39.0 Å². The van der Waals surface area contributed by atoms with Crippen molar-refractivity contribution in [1.82, 2.24) is 0 Å². The van der Waals surface area contributed by atoms with Gasteiger partial charge in [-0.3, -0.25) is 9.11 Å². The number of rotatable bonds is 4. The van der Waals surface area contributed by atoms with Crippen LogP contribution in [0.3, 0.4) is 0 Å². The van der Waals surface area contributed by atoms with Crippen LogP contribution in [-0.4, -0.2) is 31.5 Å². The van der Waals surface area contributed by atoms with Crippen molar-refractivity contribution in [3.63, 3.8) is 0 Å². The topological polar surface area (TPSA) is 136 Å². The van der Waals surface area contributed by atoms with Crippen LogP contribution in [0.25, 0.3) is 0 Å². The highest BCUT2D eigenvalue weighted by Crippen LogP contribution is 2.64. The Bertz CT molecular complexity index is 1160. The zero-order valence-electron chi connectivity index (χ0n) is 19.3. The summed E-state index contributed by atoms with van der Waals surface area (Å²) in [6, 6.07) is 2.41. The molecule has 0 amide bonds. The van der Waals surface area contributed by atoms with Gasteiger partial charge in [0.25, 0.3) is 0 Å². The summed E-state index contributed by atoms with van der Waals surface area (Å²) in [5.41, 5.74) is 0.175. The molecule has 2 aliphatic carbocycles. The number of benzene rings is 1. The molecule has 0 saturated heterocycles. The molecule has 3 aliphatic rings. The van der Waals surface area contributed by atoms with Crippen LogP contribution in [0.15, 0.2) is 12.1 Å². The van der Waals surface area contributed by atoms with Gasteiger partial charge >= 0.3 is 20.8 Å². The molecular formula is C22H32O9S2. The van der Waals surface area contributed by atoms with Crippen LogP contribution in [0.2, 0.25) is 0 Å². The highest BCUT2D eigenvalue weighted by Gasteiger charge is 2.59. The average molecular weight is 505 g/mol. The Morgan fingerprint density at radius 1 is 0.879 bits per heavy atom. The summed E-state index contributed by atoms with van der Waals surface area (Å²) in [5.74, 6) is 0.145. The lowest BCUT2D eigenvalue weighted by Crippen LogP contribution is -2.58. The first-order valence-corrected chi connectivity index (χ1v) is 13.9. The first kappa shape index (κ1) is 24.7. The van der Waals surface area contributed by atoms with E-state index in [1.54, 1.807) is 0 Å². The standard InChI is InChI=1S/C22H32O9S2/c1-20(2)9-5-10-21(3)18(20)8-11-22(4)19(21)12-14-15(13-29-22)17(31-33(26,27)28)7-6-16(14)30-32(23,24)25/h6-7,18-19H,5,8-13H2,1-4H3,(H,23,24,25)(H,26,27,28)/t18-,19-,21-,22+/m0/s1. The third-order valence-electron chi connectivity index (χ3n) is 8.43. The quantitative estimate of drug-likeness (QED) is 0.580. The van der Waals surface area contributed by atoms with Gasteiger partial charge in [-0.05, 0) is 73.8 Å². The second-order valence-electron chi connectivity index (χ2n) is 10.8. The van der Waals surface area contributed by atoms with Gasteiger partial charge in [-0.15, -0.1) is 0 Å². The number of hydrogen-bond acceptors (Lipinski definition) is 7. The summed E-state index contributed by atoms with van der Waals surface area (Å²) in [6.07, 6.45) is 5.35. The van der Waals surface area contributed by atoms with Crippen LogP contribution in [0.4, 0.5) is 0 Å². The van der Waals surface area contributed by atoms with Gasteiger partial charge in [0, 0.05) is 11.1 Å². The number of ether oxygens (including phenoxy) is 1. The smallest absolute Gasteiger partial charge is 0.370 e. The van der Waals surface area contributed by atoms with E-state index in [0.29, 0.717) is 17.9 Å². The van der Waals surface area contributed by atoms with Crippen LogP contribution >= 0.6 is 0 Å². The van der Waals surface area contributed by atoms with Crippen molar-refractivity contribution in [2.24, 2.45) is 22.7 Å². The number of fused-ring (bicyclic) bond motifs is 4. The maximum Gasteiger partial charge on any atom is 0.446 e. The molecular weight excluding hydrogens is 472 g/mol. The Balaban J connectivity index is 1.87. The molecule has 0 aromatic heterocycles. The lowest BCUT2D eigenvalue weighted by Gasteiger charge is -2.62. The van der Waals surface area contributed by atoms with Crippen LogP contribution < -0.4 is 8.37 Å². The van der Waals surface area contributed by atoms with Crippen LogP contribution in [-0.2, 0) is 38.6 Å². The largest absolute Gasteiger partial charge is 0.446 e. The Labute approximate surface area is 195 Å². The third-order valence-corrected chi connectivity index (χ3v) is 9.21. The second kappa shape index (κ2) is 7.81. The van der Waals surface area contributed by atoms with Crippen LogP contribution in [0.5, 0.6) is 11.5 Å². The molecule has 2 N–H and O–H groups in total. The first-order chi connectivity index (χ1) is 15.0. The van der Waals surface area contributed by atoms with Crippen molar-refractivity contribution in [1.29, 1.82) is 0 Å². The highest BCUT2D eigenvalue weighted by molar-refractivity contribution is 7.81. The van der Waals surface area contributed by atoms with Gasteiger partial charge in [0.1, 0.15) is 5.75 Å². The highest BCUT2D eigenvalue weighted by atomic mass is 32.3. The predicted molar refractivity (Wildman–Crippen MR) is 120 cm³/mol. The molecule has 11 heteroatoms. The van der Waals surface area contributed by atoms with Crippen LogP contribution in [0, 0.1) is 22.7 Å². The van der Waals surface area contributed by atoms with E-state index in [4.69, 9.17) is 13.1 Å². The average Bonchev–Trinajstić information content (AvgIpc) is 2.79. The minimum absolute atomic E-state index is 0.0192. The monoisotopic (exact) mass is 504 g/mol. The maximum atomic E-state index is 11.5. The van der Waals surface area contributed by atoms with Crippen molar-refractivity contribution >= 4 is 20.8 Å². The zero-order valence-corrected chi connectivity index (χ0v) is 21.0. The molecule has 4 atom stereocenters. The molecule has 2 saturated carbocycles. The van der Waals surface area contributed by atoms with Gasteiger partial charge in [-0.1, -0.05) is 27.2 Å². The SMILES string of the molecule is CC1(C)CCC[C@@]2(C)[C@H]1CC[C@@]1(C)OCc3c(OS(=O)(=O)O)ccc(OS(=O)(=O)O)c3C[C@@H]21. The predicted octanol–water partition coefficient (Wildman–Crippen LogP) is 4.12. The molecule has 4 rings (SSSR count). The van der Waals surface area contributed by atoms with Crippen molar-refractivity contribution in [2.45, 2.75) is 78.4 Å². The second-order valence-corrected chi connectivity index (χ2v) is 12.9. The molecule has 9 nitrogen and oxygen atoms in total. The Kier molecular flexibility index (Phi) is 5.85. The molecule has 0 spiro atoms. The molecule has 1 aliphatic heterocycles. The third kappa shape index (κ3) is 4.62. The number of hydrogen-bond donors (Lipinski definition) is 2. The summed E-state index contributed by atoms with van der Waals surface area (Å²) in [6.45, 7) is 8.87. The van der Waals surface area contributed by atoms with Crippen molar-refractivity contribution in [3.8, 4) is 11.5 Å². The summed E-state index contributed by atoms with van der Waals surface area (Å²) in [5, 5.41) is 0. The van der Waals surface area contributed by atoms with Gasteiger partial charge in [0.2, 0.25) is 0 Å². The summed E-state index contributed by atoms with van der Waals surface area (Å²) in [7, 11) is -9.64. The van der Waals surface area contributed by atoms with E-state index in [-0.39, 0.29) is 40.4 Å². The molecule has 0 bridgehead atoms. The van der Waals surface area contributed by atoms with Gasteiger partial charge in [-0.25, -0.2) is 0 Å². The van der Waals surface area contributed by atoms with E-state index in [2.05, 4.69) is 27.7 Å². The molecule has 2 fully saturated rings. The zero-order chi connectivity index (χ0) is 24.4. The molecule has 186 valence electrons. The normalized spacial score (nSPS) is 33.8. The summed E-state index contributed by atoms with van der Waals surface area (Å²) in [4.78, 5) is 0. The van der Waals surface area contributed by atoms with E-state index in [9.17, 15) is 25.9 Å². The molecule has 1 aromatic carbocycles. The molecule has 1 aromatic rings. The van der Waals surface area contributed by atoms with Gasteiger partial charge in [-0.2, -0.15) is 16.8 Å². The fourth-order valence-corrected chi connectivity index (χ4v) is 7.85. The molecule has 0 radical (unpaired) electrons. The van der Waals surface area contributed by atoms with E-state index in [0.717, 1.165) is 32.1 Å². The van der Waals surface area contributed by atoms with Gasteiger partial charge in [0.05, 0.1) is 12.2 Å². The van der Waals surface area contributed by atoms with Crippen LogP contribution in [0.1, 0.15) is 70.9 Å². The van der Waals surface area contributed by atoms with Gasteiger partial charge in [0.15, 0.2) is 5.75 Å². The first-order valence-electron chi connectivity index (χ1n) is 11.2. The van der Waals surface area contributed by atoms with E-state index >= 15 is 0 Å². The fourth-order valence-electron chi connectivity index (χ4n) is 7.08. The summed E-state index contributed by atoms with van der Waals surface area (Å²) >= 11 is 0. The Morgan fingerprint density at radius 3 is 2.03 bits per heavy atom. The Hall–Kier alpha value is -1.40.